The standard InChI is InChI=1S/C22H28N2O2/c1-4-13-24(14-5-2)22(26)19-11-8-12-20(15-19)23-21(25)16-18-10-7-6-9-17(18)3/h6-12,15H,4-5,13-14,16H2,1-3H3,(H,23,25). The summed E-state index contributed by atoms with van der Waals surface area (Å²) in [4.78, 5) is 26.9. The van der Waals surface area contributed by atoms with Crippen molar-refractivity contribution in [3.05, 3.63) is 65.2 Å². The Morgan fingerprint density at radius 3 is 2.31 bits per heavy atom. The molecule has 0 saturated carbocycles. The highest BCUT2D eigenvalue weighted by Gasteiger charge is 2.15. The number of anilines is 1. The fourth-order valence-corrected chi connectivity index (χ4v) is 2.95. The molecule has 0 bridgehead atoms. The molecule has 0 aliphatic heterocycles. The molecule has 0 unspecified atom stereocenters. The molecule has 1 N–H and O–H groups in total. The SMILES string of the molecule is CCCN(CCC)C(=O)c1cccc(NC(=O)Cc2ccccc2C)c1. The average molecular weight is 352 g/mol. The maximum absolute atomic E-state index is 12.7. The molecule has 4 nitrogen and oxygen atoms in total. The monoisotopic (exact) mass is 352 g/mol. The predicted octanol–water partition coefficient (Wildman–Crippen LogP) is 4.44. The van der Waals surface area contributed by atoms with E-state index in [0.717, 1.165) is 37.1 Å². The number of nitrogens with one attached hydrogen (secondary N) is 1. The quantitative estimate of drug-likeness (QED) is 0.763. The Kier molecular flexibility index (Phi) is 7.39. The summed E-state index contributed by atoms with van der Waals surface area (Å²) in [6.45, 7) is 7.63. The van der Waals surface area contributed by atoms with Gasteiger partial charge < -0.3 is 10.2 Å². The van der Waals surface area contributed by atoms with Crippen molar-refractivity contribution in [1.29, 1.82) is 0 Å². The summed E-state index contributed by atoms with van der Waals surface area (Å²) in [6.07, 6.45) is 2.18. The van der Waals surface area contributed by atoms with Crippen LogP contribution in [-0.2, 0) is 11.2 Å². The molecule has 2 aromatic rings. The first kappa shape index (κ1) is 19.7. The van der Waals surface area contributed by atoms with Crippen LogP contribution in [0.4, 0.5) is 5.69 Å². The first-order valence-corrected chi connectivity index (χ1v) is 9.28. The maximum atomic E-state index is 12.7. The minimum Gasteiger partial charge on any atom is -0.339 e. The van der Waals surface area contributed by atoms with Crippen LogP contribution in [0.2, 0.25) is 0 Å². The van der Waals surface area contributed by atoms with Gasteiger partial charge in [0.05, 0.1) is 6.42 Å². The van der Waals surface area contributed by atoms with Gasteiger partial charge in [0.1, 0.15) is 0 Å². The number of amides is 2. The largest absolute Gasteiger partial charge is 0.339 e. The van der Waals surface area contributed by atoms with Gasteiger partial charge in [-0.1, -0.05) is 44.2 Å². The van der Waals surface area contributed by atoms with Crippen LogP contribution in [0.5, 0.6) is 0 Å². The fraction of sp³-hybridized carbons (Fsp3) is 0.364. The van der Waals surface area contributed by atoms with Gasteiger partial charge in [-0.2, -0.15) is 0 Å². The van der Waals surface area contributed by atoms with Gasteiger partial charge in [0.2, 0.25) is 5.91 Å². The van der Waals surface area contributed by atoms with Gasteiger partial charge in [0.15, 0.2) is 0 Å². The third-order valence-corrected chi connectivity index (χ3v) is 4.28. The number of hydrogen-bond donors (Lipinski definition) is 1. The third-order valence-electron chi connectivity index (χ3n) is 4.28. The van der Waals surface area contributed by atoms with E-state index in [4.69, 9.17) is 0 Å². The highest BCUT2D eigenvalue weighted by atomic mass is 16.2. The summed E-state index contributed by atoms with van der Waals surface area (Å²) in [5.41, 5.74) is 3.37. The van der Waals surface area contributed by atoms with Crippen molar-refractivity contribution in [2.75, 3.05) is 18.4 Å². The molecule has 0 aliphatic carbocycles. The summed E-state index contributed by atoms with van der Waals surface area (Å²) in [5.74, 6) is -0.0634. The van der Waals surface area contributed by atoms with E-state index in [-0.39, 0.29) is 11.8 Å². The summed E-state index contributed by atoms with van der Waals surface area (Å²) in [5, 5.41) is 2.91. The van der Waals surface area contributed by atoms with E-state index < -0.39 is 0 Å². The summed E-state index contributed by atoms with van der Waals surface area (Å²) in [6, 6.07) is 15.0. The van der Waals surface area contributed by atoms with Crippen LogP contribution in [0.15, 0.2) is 48.5 Å². The van der Waals surface area contributed by atoms with Crippen molar-refractivity contribution in [2.24, 2.45) is 0 Å². The first-order chi connectivity index (χ1) is 12.5. The van der Waals surface area contributed by atoms with Crippen LogP contribution in [-0.4, -0.2) is 29.8 Å². The minimum atomic E-state index is -0.0807. The smallest absolute Gasteiger partial charge is 0.253 e. The van der Waals surface area contributed by atoms with Crippen molar-refractivity contribution >= 4 is 17.5 Å². The average Bonchev–Trinajstić information content (AvgIpc) is 2.63. The Labute approximate surface area is 156 Å². The molecule has 0 heterocycles. The second kappa shape index (κ2) is 9.76. The minimum absolute atomic E-state index is 0.0173. The number of carbonyl (C=O) groups excluding carboxylic acids is 2. The fourth-order valence-electron chi connectivity index (χ4n) is 2.95. The highest BCUT2D eigenvalue weighted by molar-refractivity contribution is 5.97. The van der Waals surface area contributed by atoms with Gasteiger partial charge in [0, 0.05) is 24.3 Å². The zero-order valence-corrected chi connectivity index (χ0v) is 15.9. The van der Waals surface area contributed by atoms with Crippen LogP contribution in [0, 0.1) is 6.92 Å². The van der Waals surface area contributed by atoms with Gasteiger partial charge in [-0.05, 0) is 49.1 Å². The molecular formula is C22H28N2O2. The molecular weight excluding hydrogens is 324 g/mol. The van der Waals surface area contributed by atoms with Gasteiger partial charge >= 0.3 is 0 Å². The van der Waals surface area contributed by atoms with Gasteiger partial charge in [-0.3, -0.25) is 9.59 Å². The Hall–Kier alpha value is -2.62. The zero-order valence-electron chi connectivity index (χ0n) is 15.9. The van der Waals surface area contributed by atoms with Crippen LogP contribution < -0.4 is 5.32 Å². The molecule has 2 aromatic carbocycles. The Morgan fingerprint density at radius 1 is 0.962 bits per heavy atom. The first-order valence-electron chi connectivity index (χ1n) is 9.28. The molecule has 2 rings (SSSR count). The van der Waals surface area contributed by atoms with Crippen LogP contribution in [0.1, 0.15) is 48.2 Å². The second-order valence-electron chi connectivity index (χ2n) is 6.52. The van der Waals surface area contributed by atoms with Crippen molar-refractivity contribution in [3.8, 4) is 0 Å². The Balaban J connectivity index is 2.07. The molecule has 0 radical (unpaired) electrons. The van der Waals surface area contributed by atoms with E-state index in [0.29, 0.717) is 17.7 Å². The molecule has 0 saturated heterocycles. The molecule has 4 heteroatoms. The number of nitrogens with zero attached hydrogens (tertiary/aromatic N) is 1. The highest BCUT2D eigenvalue weighted by Crippen LogP contribution is 2.15. The maximum Gasteiger partial charge on any atom is 0.253 e. The van der Waals surface area contributed by atoms with E-state index in [2.05, 4.69) is 19.2 Å². The van der Waals surface area contributed by atoms with E-state index in [1.807, 2.05) is 48.2 Å². The molecule has 2 amide bonds. The van der Waals surface area contributed by atoms with Gasteiger partial charge in [-0.15, -0.1) is 0 Å². The van der Waals surface area contributed by atoms with Gasteiger partial charge in [-0.25, -0.2) is 0 Å². The number of rotatable bonds is 8. The van der Waals surface area contributed by atoms with E-state index in [9.17, 15) is 9.59 Å². The number of hydrogen-bond acceptors (Lipinski definition) is 2. The van der Waals surface area contributed by atoms with Crippen molar-refractivity contribution in [2.45, 2.75) is 40.0 Å². The van der Waals surface area contributed by atoms with E-state index in [1.54, 1.807) is 12.1 Å². The molecule has 0 aromatic heterocycles. The predicted molar refractivity (Wildman–Crippen MR) is 106 cm³/mol. The molecule has 0 spiro atoms. The topological polar surface area (TPSA) is 49.4 Å². The zero-order chi connectivity index (χ0) is 18.9. The summed E-state index contributed by atoms with van der Waals surface area (Å²) < 4.78 is 0. The van der Waals surface area contributed by atoms with E-state index >= 15 is 0 Å². The van der Waals surface area contributed by atoms with Crippen molar-refractivity contribution < 1.29 is 9.59 Å². The number of carbonyl (C=O) groups is 2. The van der Waals surface area contributed by atoms with Crippen molar-refractivity contribution in [1.82, 2.24) is 4.90 Å². The molecule has 0 fully saturated rings. The van der Waals surface area contributed by atoms with Crippen molar-refractivity contribution in [3.63, 3.8) is 0 Å². The lowest BCUT2D eigenvalue weighted by Gasteiger charge is -2.21. The molecule has 138 valence electrons. The molecule has 0 aliphatic rings. The molecule has 26 heavy (non-hydrogen) atoms. The third kappa shape index (κ3) is 5.45. The lowest BCUT2D eigenvalue weighted by atomic mass is 10.1. The Bertz CT molecular complexity index is 749. The Morgan fingerprint density at radius 2 is 1.65 bits per heavy atom. The number of benzene rings is 2. The summed E-state index contributed by atoms with van der Waals surface area (Å²) >= 11 is 0. The van der Waals surface area contributed by atoms with E-state index in [1.165, 1.54) is 0 Å². The normalized spacial score (nSPS) is 10.4. The number of aryl methyl sites for hydroxylation is 1. The summed E-state index contributed by atoms with van der Waals surface area (Å²) in [7, 11) is 0. The van der Waals surface area contributed by atoms with Crippen LogP contribution in [0.3, 0.4) is 0 Å². The second-order valence-corrected chi connectivity index (χ2v) is 6.52. The lowest BCUT2D eigenvalue weighted by Crippen LogP contribution is -2.32. The van der Waals surface area contributed by atoms with Gasteiger partial charge in [0.25, 0.3) is 5.91 Å². The van der Waals surface area contributed by atoms with Crippen LogP contribution >= 0.6 is 0 Å². The lowest BCUT2D eigenvalue weighted by molar-refractivity contribution is -0.115. The molecule has 0 atom stereocenters. The van der Waals surface area contributed by atoms with Crippen LogP contribution in [0.25, 0.3) is 0 Å².